The topological polar surface area (TPSA) is 134 Å². The molecule has 9 nitrogen and oxygen atoms in total. The van der Waals surface area contributed by atoms with Crippen LogP contribution < -0.4 is 5.73 Å². The zero-order valence-electron chi connectivity index (χ0n) is 32.7. The second kappa shape index (κ2) is 38.6. The minimum atomic E-state index is -4.40. The molecule has 0 aromatic carbocycles. The SMILES string of the molecule is CCC=CCC=CCC=CCC=CCCCCCCC(=O)OC[C@H](COP(=O)(O)OCCN)OC(=O)CCCCC=CCC=CCC=CCC=CCC. The first-order valence-corrected chi connectivity index (χ1v) is 21.2. The molecule has 0 rings (SSSR count). The van der Waals surface area contributed by atoms with E-state index in [-0.39, 0.29) is 32.6 Å². The van der Waals surface area contributed by atoms with E-state index in [0.29, 0.717) is 12.8 Å². The number of rotatable bonds is 35. The van der Waals surface area contributed by atoms with Crippen LogP contribution in [0.2, 0.25) is 0 Å². The molecule has 0 spiro atoms. The van der Waals surface area contributed by atoms with Crippen molar-refractivity contribution in [3.63, 3.8) is 0 Å². The molecule has 53 heavy (non-hydrogen) atoms. The van der Waals surface area contributed by atoms with Crippen LogP contribution in [-0.2, 0) is 32.7 Å². The molecule has 0 aromatic heterocycles. The number of nitrogens with two attached hydrogens (primary N) is 1. The molecule has 1 unspecified atom stereocenters. The van der Waals surface area contributed by atoms with Crippen molar-refractivity contribution in [1.29, 1.82) is 0 Å². The van der Waals surface area contributed by atoms with Gasteiger partial charge in [0.05, 0.1) is 13.2 Å². The van der Waals surface area contributed by atoms with Gasteiger partial charge < -0.3 is 20.1 Å². The van der Waals surface area contributed by atoms with Crippen molar-refractivity contribution < 1.29 is 37.6 Å². The summed E-state index contributed by atoms with van der Waals surface area (Å²) in [7, 11) is -4.40. The largest absolute Gasteiger partial charge is 0.472 e. The van der Waals surface area contributed by atoms with Gasteiger partial charge in [-0.25, -0.2) is 4.57 Å². The molecule has 0 fully saturated rings. The molecule has 0 saturated heterocycles. The molecule has 0 radical (unpaired) electrons. The Morgan fingerprint density at radius 1 is 0.566 bits per heavy atom. The van der Waals surface area contributed by atoms with Gasteiger partial charge in [-0.1, -0.05) is 124 Å². The van der Waals surface area contributed by atoms with Gasteiger partial charge in [-0.05, 0) is 89.9 Å². The Kier molecular flexibility index (Phi) is 36.4. The maximum atomic E-state index is 12.5. The zero-order chi connectivity index (χ0) is 38.9. The highest BCUT2D eigenvalue weighted by Crippen LogP contribution is 2.43. The van der Waals surface area contributed by atoms with E-state index in [9.17, 15) is 19.0 Å². The van der Waals surface area contributed by atoms with E-state index in [1.807, 2.05) is 0 Å². The van der Waals surface area contributed by atoms with E-state index in [1.54, 1.807) is 0 Å². The first-order valence-electron chi connectivity index (χ1n) is 19.7. The van der Waals surface area contributed by atoms with Gasteiger partial charge in [0, 0.05) is 19.4 Å². The Bertz CT molecular complexity index is 1180. The number of ether oxygens (including phenoxy) is 2. The summed E-state index contributed by atoms with van der Waals surface area (Å²) in [5.74, 6) is -0.918. The number of carbonyl (C=O) groups excluding carboxylic acids is 2. The number of allylic oxidation sites excluding steroid dienone is 16. The quantitative estimate of drug-likeness (QED) is 0.0280. The highest BCUT2D eigenvalue weighted by atomic mass is 31.2. The van der Waals surface area contributed by atoms with Crippen LogP contribution in [0.25, 0.3) is 0 Å². The fourth-order valence-corrected chi connectivity index (χ4v) is 5.38. The summed E-state index contributed by atoms with van der Waals surface area (Å²) in [5, 5.41) is 0. The first-order chi connectivity index (χ1) is 25.8. The summed E-state index contributed by atoms with van der Waals surface area (Å²) in [6.45, 7) is 3.39. The summed E-state index contributed by atoms with van der Waals surface area (Å²) in [6.07, 6.45) is 48.7. The molecule has 0 bridgehead atoms. The Labute approximate surface area is 321 Å². The molecule has 0 aliphatic rings. The van der Waals surface area contributed by atoms with Crippen LogP contribution in [0.5, 0.6) is 0 Å². The maximum absolute atomic E-state index is 12.5. The minimum absolute atomic E-state index is 0.0370. The lowest BCUT2D eigenvalue weighted by atomic mass is 10.1. The van der Waals surface area contributed by atoms with E-state index < -0.39 is 32.5 Å². The van der Waals surface area contributed by atoms with Gasteiger partial charge in [0.1, 0.15) is 6.61 Å². The number of unbranched alkanes of at least 4 members (excludes halogenated alkanes) is 6. The average molecular weight is 760 g/mol. The van der Waals surface area contributed by atoms with Crippen molar-refractivity contribution in [3.8, 4) is 0 Å². The van der Waals surface area contributed by atoms with E-state index in [2.05, 4.69) is 111 Å². The standard InChI is InChI=1S/C43H70NO8P/c1-3-5-7-9-11-13-15-17-19-20-22-23-25-27-29-31-33-35-42(45)49-39-41(40-51-53(47,48)50-38-37-44)52-43(46)36-34-32-30-28-26-24-21-18-16-14-12-10-8-6-4-2/h5-8,11-14,17-19,21-23,26,28,41H,3-4,9-10,15-16,20,24-25,27,29-40,44H2,1-2H3,(H,47,48)/t41-/m1/s1. The lowest BCUT2D eigenvalue weighted by Crippen LogP contribution is -2.29. The van der Waals surface area contributed by atoms with Crippen LogP contribution in [-0.4, -0.2) is 49.3 Å². The maximum Gasteiger partial charge on any atom is 0.472 e. The molecule has 0 amide bonds. The third-order valence-corrected chi connectivity index (χ3v) is 8.45. The van der Waals surface area contributed by atoms with Crippen LogP contribution in [0, 0.1) is 0 Å². The molecule has 300 valence electrons. The van der Waals surface area contributed by atoms with Gasteiger partial charge in [-0.3, -0.25) is 18.6 Å². The van der Waals surface area contributed by atoms with Gasteiger partial charge in [-0.2, -0.15) is 0 Å². The van der Waals surface area contributed by atoms with E-state index in [0.717, 1.165) is 89.9 Å². The number of carbonyl (C=O) groups is 2. The van der Waals surface area contributed by atoms with Crippen LogP contribution >= 0.6 is 7.82 Å². The third kappa shape index (κ3) is 38.5. The molecule has 0 heterocycles. The van der Waals surface area contributed by atoms with Crippen LogP contribution in [0.1, 0.15) is 129 Å². The third-order valence-electron chi connectivity index (χ3n) is 7.47. The smallest absolute Gasteiger partial charge is 0.462 e. The van der Waals surface area contributed by atoms with Gasteiger partial charge in [-0.15, -0.1) is 0 Å². The van der Waals surface area contributed by atoms with Gasteiger partial charge in [0.25, 0.3) is 0 Å². The zero-order valence-corrected chi connectivity index (χ0v) is 33.6. The van der Waals surface area contributed by atoms with Gasteiger partial charge in [0.2, 0.25) is 0 Å². The van der Waals surface area contributed by atoms with E-state index >= 15 is 0 Å². The number of hydrogen-bond donors (Lipinski definition) is 2. The van der Waals surface area contributed by atoms with E-state index in [4.69, 9.17) is 24.3 Å². The normalized spacial score (nSPS) is 14.4. The van der Waals surface area contributed by atoms with Crippen molar-refractivity contribution in [1.82, 2.24) is 0 Å². The predicted octanol–water partition coefficient (Wildman–Crippen LogP) is 11.0. The molecular formula is C43H70NO8P. The summed E-state index contributed by atoms with van der Waals surface area (Å²) in [6, 6.07) is 0. The molecule has 0 saturated carbocycles. The average Bonchev–Trinajstić information content (AvgIpc) is 3.14. The molecule has 2 atom stereocenters. The van der Waals surface area contributed by atoms with Crippen LogP contribution in [0.15, 0.2) is 97.2 Å². The number of phosphoric acid groups is 1. The van der Waals surface area contributed by atoms with Crippen molar-refractivity contribution in [2.75, 3.05) is 26.4 Å². The molecule has 0 aliphatic carbocycles. The lowest BCUT2D eigenvalue weighted by Gasteiger charge is -2.19. The lowest BCUT2D eigenvalue weighted by molar-refractivity contribution is -0.161. The molecule has 3 N–H and O–H groups in total. The summed E-state index contributed by atoms with van der Waals surface area (Å²) >= 11 is 0. The Hall–Kier alpha value is -3.07. The van der Waals surface area contributed by atoms with Crippen molar-refractivity contribution in [3.05, 3.63) is 97.2 Å². The highest BCUT2D eigenvalue weighted by molar-refractivity contribution is 7.47. The Balaban J connectivity index is 4.35. The van der Waals surface area contributed by atoms with Crippen LogP contribution in [0.4, 0.5) is 0 Å². The first kappa shape index (κ1) is 49.9. The fourth-order valence-electron chi connectivity index (χ4n) is 4.61. The monoisotopic (exact) mass is 759 g/mol. The van der Waals surface area contributed by atoms with E-state index in [1.165, 1.54) is 0 Å². The summed E-state index contributed by atoms with van der Waals surface area (Å²) < 4.78 is 32.6. The number of hydrogen-bond acceptors (Lipinski definition) is 8. The highest BCUT2D eigenvalue weighted by Gasteiger charge is 2.25. The van der Waals surface area contributed by atoms with Crippen LogP contribution in [0.3, 0.4) is 0 Å². The molecule has 0 aliphatic heterocycles. The van der Waals surface area contributed by atoms with Crippen molar-refractivity contribution in [2.24, 2.45) is 5.73 Å². The van der Waals surface area contributed by atoms with Crippen molar-refractivity contribution >= 4 is 19.8 Å². The van der Waals surface area contributed by atoms with Gasteiger partial charge >= 0.3 is 19.8 Å². The summed E-state index contributed by atoms with van der Waals surface area (Å²) in [4.78, 5) is 34.8. The number of esters is 2. The number of phosphoric ester groups is 1. The second-order valence-corrected chi connectivity index (χ2v) is 13.8. The molecular weight excluding hydrogens is 689 g/mol. The minimum Gasteiger partial charge on any atom is -0.462 e. The second-order valence-electron chi connectivity index (χ2n) is 12.4. The predicted molar refractivity (Wildman–Crippen MR) is 219 cm³/mol. The molecule has 10 heteroatoms. The Morgan fingerprint density at radius 2 is 0.981 bits per heavy atom. The van der Waals surface area contributed by atoms with Crippen molar-refractivity contribution in [2.45, 2.75) is 136 Å². The molecule has 0 aromatic rings. The fraction of sp³-hybridized carbons (Fsp3) is 0.581. The summed E-state index contributed by atoms with van der Waals surface area (Å²) in [5.41, 5.74) is 5.33. The Morgan fingerprint density at radius 3 is 1.47 bits per heavy atom. The van der Waals surface area contributed by atoms with Gasteiger partial charge in [0.15, 0.2) is 6.10 Å².